The molecule has 0 radical (unpaired) electrons. The van der Waals surface area contributed by atoms with Gasteiger partial charge in [0.25, 0.3) is 5.91 Å². The first kappa shape index (κ1) is 16.2. The van der Waals surface area contributed by atoms with E-state index in [2.05, 4.69) is 32.5 Å². The van der Waals surface area contributed by atoms with Crippen molar-refractivity contribution >= 4 is 16.8 Å². The SMILES string of the molecule is CN(C)C[C@H](Cc1ccccc1)NC(=O)c1cccc2cn[nH]c12. The van der Waals surface area contributed by atoms with Crippen LogP contribution in [0.25, 0.3) is 10.9 Å². The van der Waals surface area contributed by atoms with E-state index in [1.807, 2.05) is 50.5 Å². The highest BCUT2D eigenvalue weighted by molar-refractivity contribution is 6.05. The van der Waals surface area contributed by atoms with Crippen LogP contribution in [0.3, 0.4) is 0 Å². The van der Waals surface area contributed by atoms with E-state index in [0.29, 0.717) is 5.56 Å². The number of nitrogens with zero attached hydrogens (tertiary/aromatic N) is 2. The Bertz CT molecular complexity index is 810. The molecule has 0 spiro atoms. The van der Waals surface area contributed by atoms with Gasteiger partial charge < -0.3 is 10.2 Å². The molecule has 1 heterocycles. The van der Waals surface area contributed by atoms with Crippen LogP contribution < -0.4 is 5.32 Å². The van der Waals surface area contributed by atoms with Gasteiger partial charge in [-0.15, -0.1) is 0 Å². The summed E-state index contributed by atoms with van der Waals surface area (Å²) >= 11 is 0. The first-order valence-electron chi connectivity index (χ1n) is 8.05. The summed E-state index contributed by atoms with van der Waals surface area (Å²) in [5.74, 6) is -0.0763. The molecule has 2 aromatic carbocycles. The molecule has 3 rings (SSSR count). The normalized spacial score (nSPS) is 12.5. The summed E-state index contributed by atoms with van der Waals surface area (Å²) in [5.41, 5.74) is 2.62. The van der Waals surface area contributed by atoms with Crippen LogP contribution in [0.15, 0.2) is 54.7 Å². The molecule has 0 saturated heterocycles. The Labute approximate surface area is 141 Å². The van der Waals surface area contributed by atoms with Crippen molar-refractivity contribution in [2.75, 3.05) is 20.6 Å². The third kappa shape index (κ3) is 3.81. The van der Waals surface area contributed by atoms with Gasteiger partial charge in [-0.3, -0.25) is 9.89 Å². The fourth-order valence-corrected chi connectivity index (χ4v) is 2.92. The number of hydrogen-bond donors (Lipinski definition) is 2. The zero-order valence-electron chi connectivity index (χ0n) is 14.0. The number of rotatable bonds is 6. The zero-order valence-corrected chi connectivity index (χ0v) is 14.0. The number of aromatic nitrogens is 2. The lowest BCUT2D eigenvalue weighted by molar-refractivity contribution is 0.0931. The maximum atomic E-state index is 12.8. The molecule has 1 aromatic heterocycles. The quantitative estimate of drug-likeness (QED) is 0.733. The van der Waals surface area contributed by atoms with Crippen molar-refractivity contribution in [3.05, 3.63) is 65.9 Å². The van der Waals surface area contributed by atoms with E-state index in [-0.39, 0.29) is 11.9 Å². The van der Waals surface area contributed by atoms with Gasteiger partial charge in [0.2, 0.25) is 0 Å². The molecule has 0 unspecified atom stereocenters. The van der Waals surface area contributed by atoms with E-state index in [0.717, 1.165) is 23.9 Å². The smallest absolute Gasteiger partial charge is 0.253 e. The summed E-state index contributed by atoms with van der Waals surface area (Å²) < 4.78 is 0. The van der Waals surface area contributed by atoms with Crippen LogP contribution >= 0.6 is 0 Å². The Morgan fingerprint density at radius 2 is 1.96 bits per heavy atom. The molecule has 24 heavy (non-hydrogen) atoms. The van der Waals surface area contributed by atoms with Crippen molar-refractivity contribution in [2.45, 2.75) is 12.5 Å². The topological polar surface area (TPSA) is 61.0 Å². The Morgan fingerprint density at radius 1 is 1.17 bits per heavy atom. The maximum Gasteiger partial charge on any atom is 0.253 e. The summed E-state index contributed by atoms with van der Waals surface area (Å²) in [6.07, 6.45) is 2.52. The number of aromatic amines is 1. The minimum Gasteiger partial charge on any atom is -0.348 e. The summed E-state index contributed by atoms with van der Waals surface area (Å²) in [6, 6.07) is 15.9. The van der Waals surface area contributed by atoms with Gasteiger partial charge >= 0.3 is 0 Å². The third-order valence-electron chi connectivity index (χ3n) is 3.97. The van der Waals surface area contributed by atoms with Crippen LogP contribution in [0.2, 0.25) is 0 Å². The molecule has 0 aliphatic carbocycles. The van der Waals surface area contributed by atoms with Crippen molar-refractivity contribution in [1.29, 1.82) is 0 Å². The lowest BCUT2D eigenvalue weighted by Crippen LogP contribution is -2.43. The van der Waals surface area contributed by atoms with Crippen LogP contribution in [0.1, 0.15) is 15.9 Å². The first-order valence-corrected chi connectivity index (χ1v) is 8.05. The van der Waals surface area contributed by atoms with Crippen molar-refractivity contribution in [2.24, 2.45) is 0 Å². The molecule has 124 valence electrons. The predicted molar refractivity (Wildman–Crippen MR) is 96.0 cm³/mol. The van der Waals surface area contributed by atoms with Crippen molar-refractivity contribution < 1.29 is 4.79 Å². The standard InChI is InChI=1S/C19H22N4O/c1-23(2)13-16(11-14-7-4-3-5-8-14)21-19(24)17-10-6-9-15-12-20-22-18(15)17/h3-10,12,16H,11,13H2,1-2H3,(H,20,22)(H,21,24)/t16-/m0/s1. The first-order chi connectivity index (χ1) is 11.6. The molecular weight excluding hydrogens is 300 g/mol. The van der Waals surface area contributed by atoms with Gasteiger partial charge in [-0.1, -0.05) is 42.5 Å². The predicted octanol–water partition coefficient (Wildman–Crippen LogP) is 2.47. The summed E-state index contributed by atoms with van der Waals surface area (Å²) in [5, 5.41) is 11.0. The summed E-state index contributed by atoms with van der Waals surface area (Å²) in [7, 11) is 4.03. The zero-order chi connectivity index (χ0) is 16.9. The number of nitrogens with one attached hydrogen (secondary N) is 2. The molecule has 0 aliphatic rings. The molecule has 0 aliphatic heterocycles. The van der Waals surface area contributed by atoms with E-state index < -0.39 is 0 Å². The fourth-order valence-electron chi connectivity index (χ4n) is 2.92. The number of fused-ring (bicyclic) bond motifs is 1. The average Bonchev–Trinajstić information content (AvgIpc) is 3.03. The number of H-pyrrole nitrogens is 1. The van der Waals surface area contributed by atoms with Crippen molar-refractivity contribution in [3.63, 3.8) is 0 Å². The minimum atomic E-state index is -0.0763. The minimum absolute atomic E-state index is 0.0353. The van der Waals surface area contributed by atoms with E-state index in [1.54, 1.807) is 6.20 Å². The molecular formula is C19H22N4O. The fraction of sp³-hybridized carbons (Fsp3) is 0.263. The van der Waals surface area contributed by atoms with Gasteiger partial charge in [0.1, 0.15) is 0 Å². The van der Waals surface area contributed by atoms with Crippen LogP contribution in [-0.2, 0) is 6.42 Å². The average molecular weight is 322 g/mol. The molecule has 5 nitrogen and oxygen atoms in total. The Morgan fingerprint density at radius 3 is 2.71 bits per heavy atom. The molecule has 1 amide bonds. The highest BCUT2D eigenvalue weighted by Crippen LogP contribution is 2.16. The highest BCUT2D eigenvalue weighted by Gasteiger charge is 2.17. The van der Waals surface area contributed by atoms with Crippen molar-refractivity contribution in [1.82, 2.24) is 20.4 Å². The van der Waals surface area contributed by atoms with Gasteiger partial charge in [0.05, 0.1) is 17.3 Å². The second kappa shape index (κ2) is 7.27. The lowest BCUT2D eigenvalue weighted by Gasteiger charge is -2.22. The third-order valence-corrected chi connectivity index (χ3v) is 3.97. The largest absolute Gasteiger partial charge is 0.348 e. The second-order valence-corrected chi connectivity index (χ2v) is 6.26. The van der Waals surface area contributed by atoms with Gasteiger partial charge in [-0.25, -0.2) is 0 Å². The number of hydrogen-bond acceptors (Lipinski definition) is 3. The van der Waals surface area contributed by atoms with Crippen molar-refractivity contribution in [3.8, 4) is 0 Å². The monoisotopic (exact) mass is 322 g/mol. The number of carbonyl (C=O) groups excluding carboxylic acids is 1. The van der Waals surface area contributed by atoms with Crippen LogP contribution in [0.4, 0.5) is 0 Å². The number of benzene rings is 2. The molecule has 5 heteroatoms. The molecule has 2 N–H and O–H groups in total. The molecule has 0 bridgehead atoms. The summed E-state index contributed by atoms with van der Waals surface area (Å²) in [4.78, 5) is 14.8. The molecule has 1 atom stereocenters. The van der Waals surface area contributed by atoms with E-state index in [9.17, 15) is 4.79 Å². The molecule has 3 aromatic rings. The van der Waals surface area contributed by atoms with Gasteiger partial charge in [0, 0.05) is 18.0 Å². The van der Waals surface area contributed by atoms with E-state index in [1.165, 1.54) is 5.56 Å². The van der Waals surface area contributed by atoms with E-state index >= 15 is 0 Å². The van der Waals surface area contributed by atoms with Gasteiger partial charge in [-0.05, 0) is 32.1 Å². The number of carbonyl (C=O) groups is 1. The van der Waals surface area contributed by atoms with Gasteiger partial charge in [0.15, 0.2) is 0 Å². The second-order valence-electron chi connectivity index (χ2n) is 6.26. The van der Waals surface area contributed by atoms with Crippen LogP contribution in [0.5, 0.6) is 0 Å². The Kier molecular flexibility index (Phi) is 4.91. The van der Waals surface area contributed by atoms with Crippen LogP contribution in [-0.4, -0.2) is 47.7 Å². The number of amides is 1. The van der Waals surface area contributed by atoms with Crippen LogP contribution in [0, 0.1) is 0 Å². The lowest BCUT2D eigenvalue weighted by atomic mass is 10.0. The highest BCUT2D eigenvalue weighted by atomic mass is 16.1. The Balaban J connectivity index is 1.78. The number of para-hydroxylation sites is 1. The molecule has 0 fully saturated rings. The van der Waals surface area contributed by atoms with Gasteiger partial charge in [-0.2, -0.15) is 5.10 Å². The number of likely N-dealkylation sites (N-methyl/N-ethyl adjacent to an activating group) is 1. The Hall–Kier alpha value is -2.66. The summed E-state index contributed by atoms with van der Waals surface area (Å²) in [6.45, 7) is 0.777. The maximum absolute atomic E-state index is 12.8. The molecule has 0 saturated carbocycles. The van der Waals surface area contributed by atoms with E-state index in [4.69, 9.17) is 0 Å².